The van der Waals surface area contributed by atoms with Crippen molar-refractivity contribution in [3.63, 3.8) is 0 Å². The van der Waals surface area contributed by atoms with Crippen molar-refractivity contribution in [2.75, 3.05) is 0 Å². The first-order valence-corrected chi connectivity index (χ1v) is 15.1. The molecule has 0 spiro atoms. The van der Waals surface area contributed by atoms with Gasteiger partial charge in [0.25, 0.3) is 20.2 Å². The summed E-state index contributed by atoms with van der Waals surface area (Å²) in [6.07, 6.45) is -0.139. The van der Waals surface area contributed by atoms with Gasteiger partial charge in [-0.05, 0) is 72.2 Å². The van der Waals surface area contributed by atoms with Crippen LogP contribution in [0.3, 0.4) is 0 Å². The van der Waals surface area contributed by atoms with Crippen molar-refractivity contribution in [3.8, 4) is 0 Å². The van der Waals surface area contributed by atoms with E-state index in [0.717, 1.165) is 0 Å². The van der Waals surface area contributed by atoms with Gasteiger partial charge in [-0.2, -0.15) is 16.8 Å². The van der Waals surface area contributed by atoms with Crippen LogP contribution in [0, 0.1) is 13.8 Å². The number of benzene rings is 4. The molecule has 0 saturated carbocycles. The quantitative estimate of drug-likeness (QED) is 0.276. The van der Waals surface area contributed by atoms with Gasteiger partial charge in [-0.15, -0.1) is 0 Å². The minimum atomic E-state index is -4.57. The maximum atomic E-state index is 13.8. The number of carbonyl (C=O) groups excluding carboxylic acids is 2. The zero-order valence-electron chi connectivity index (χ0n) is 21.5. The number of hydrogen-bond acceptors (Lipinski definition) is 6. The molecule has 0 bridgehead atoms. The molecule has 0 aliphatic heterocycles. The van der Waals surface area contributed by atoms with E-state index in [1.54, 1.807) is 74.5 Å². The molecule has 40 heavy (non-hydrogen) atoms. The summed E-state index contributed by atoms with van der Waals surface area (Å²) in [6, 6.07) is 18.7. The molecule has 0 atom stereocenters. The zero-order chi connectivity index (χ0) is 29.0. The van der Waals surface area contributed by atoms with Crippen LogP contribution < -0.4 is 0 Å². The molecule has 4 aromatic carbocycles. The van der Waals surface area contributed by atoms with E-state index >= 15 is 0 Å². The van der Waals surface area contributed by atoms with Crippen molar-refractivity contribution in [1.82, 2.24) is 0 Å². The largest absolute Gasteiger partial charge is 0.294 e. The fourth-order valence-electron chi connectivity index (χ4n) is 5.16. The summed E-state index contributed by atoms with van der Waals surface area (Å²) in [6.45, 7) is 3.36. The van der Waals surface area contributed by atoms with Gasteiger partial charge in [0.05, 0.1) is 9.79 Å². The van der Waals surface area contributed by atoms with Crippen molar-refractivity contribution in [2.24, 2.45) is 0 Å². The summed E-state index contributed by atoms with van der Waals surface area (Å²) in [7, 11) is -9.15. The fourth-order valence-corrected chi connectivity index (χ4v) is 6.77. The van der Waals surface area contributed by atoms with Crippen molar-refractivity contribution in [1.29, 1.82) is 0 Å². The highest BCUT2D eigenvalue weighted by molar-refractivity contribution is 7.86. The summed E-state index contributed by atoms with van der Waals surface area (Å²) >= 11 is 0. The Morgan fingerprint density at radius 2 is 0.900 bits per heavy atom. The van der Waals surface area contributed by atoms with Gasteiger partial charge in [-0.1, -0.05) is 60.7 Å². The van der Waals surface area contributed by atoms with Crippen LogP contribution in [0.1, 0.15) is 65.2 Å². The standard InChI is InChI=1S/C30H24O8S2/c1-17-7-9-19(25(13-17)39(33,34)35)15-21-11-12-22(16-20-10-8-18(2)14-26(20)40(36,37)38)28-27(21)29(31)23-5-3-4-6-24(23)30(28)32/h3-14H,15-16H2,1-2H3,(H,33,34,35)(H,36,37,38). The molecule has 204 valence electrons. The molecule has 0 amide bonds. The van der Waals surface area contributed by atoms with E-state index in [1.807, 2.05) is 0 Å². The molecule has 4 aromatic rings. The van der Waals surface area contributed by atoms with Gasteiger partial charge < -0.3 is 0 Å². The van der Waals surface area contributed by atoms with Crippen LogP contribution in [0.2, 0.25) is 0 Å². The molecule has 10 heteroatoms. The maximum Gasteiger partial charge on any atom is 0.294 e. The Bertz CT molecular complexity index is 1810. The Labute approximate surface area is 231 Å². The van der Waals surface area contributed by atoms with Crippen molar-refractivity contribution in [3.05, 3.63) is 128 Å². The first-order valence-electron chi connectivity index (χ1n) is 12.2. The summed E-state index contributed by atoms with van der Waals surface area (Å²) in [5, 5.41) is 0. The first kappa shape index (κ1) is 27.6. The SMILES string of the molecule is Cc1ccc(Cc2ccc(Cc3ccc(C)cc3S(=O)(=O)O)c3c2C(=O)c2ccccc2C3=O)c(S(=O)(=O)O)c1. The monoisotopic (exact) mass is 576 g/mol. The predicted molar refractivity (Wildman–Crippen MR) is 147 cm³/mol. The van der Waals surface area contributed by atoms with Gasteiger partial charge in [-0.25, -0.2) is 0 Å². The zero-order valence-corrected chi connectivity index (χ0v) is 23.1. The minimum Gasteiger partial charge on any atom is -0.289 e. The topological polar surface area (TPSA) is 143 Å². The van der Waals surface area contributed by atoms with Crippen LogP contribution >= 0.6 is 0 Å². The van der Waals surface area contributed by atoms with Crippen LogP contribution in [-0.2, 0) is 33.1 Å². The molecule has 2 N–H and O–H groups in total. The lowest BCUT2D eigenvalue weighted by molar-refractivity contribution is 0.0977. The van der Waals surface area contributed by atoms with E-state index in [1.165, 1.54) is 12.1 Å². The van der Waals surface area contributed by atoms with Crippen LogP contribution in [0.15, 0.2) is 82.6 Å². The minimum absolute atomic E-state index is 0.0694. The third kappa shape index (κ3) is 5.02. The summed E-state index contributed by atoms with van der Waals surface area (Å²) in [5.41, 5.74) is 3.04. The van der Waals surface area contributed by atoms with Crippen LogP contribution in [0.5, 0.6) is 0 Å². The van der Waals surface area contributed by atoms with E-state index in [9.17, 15) is 35.5 Å². The highest BCUT2D eigenvalue weighted by Gasteiger charge is 2.34. The second-order valence-corrected chi connectivity index (χ2v) is 12.6. The number of hydrogen-bond donors (Lipinski definition) is 2. The van der Waals surface area contributed by atoms with Gasteiger partial charge in [0.1, 0.15) is 0 Å². The molecule has 5 rings (SSSR count). The Morgan fingerprint density at radius 1 is 0.550 bits per heavy atom. The first-order chi connectivity index (χ1) is 18.8. The lowest BCUT2D eigenvalue weighted by Gasteiger charge is -2.24. The molecule has 1 aliphatic carbocycles. The Hall–Kier alpha value is -3.96. The molecular formula is C30H24O8S2. The summed E-state index contributed by atoms with van der Waals surface area (Å²) < 4.78 is 68.2. The molecule has 0 fully saturated rings. The van der Waals surface area contributed by atoms with Crippen LogP contribution in [0.25, 0.3) is 0 Å². The molecular weight excluding hydrogens is 552 g/mol. The van der Waals surface area contributed by atoms with Crippen LogP contribution in [0.4, 0.5) is 0 Å². The molecule has 8 nitrogen and oxygen atoms in total. The van der Waals surface area contributed by atoms with E-state index in [4.69, 9.17) is 0 Å². The highest BCUT2D eigenvalue weighted by atomic mass is 32.2. The summed E-state index contributed by atoms with van der Waals surface area (Å²) in [4.78, 5) is 27.1. The van der Waals surface area contributed by atoms with Gasteiger partial charge >= 0.3 is 0 Å². The molecule has 0 aromatic heterocycles. The maximum absolute atomic E-state index is 13.8. The van der Waals surface area contributed by atoms with Gasteiger partial charge in [0.2, 0.25) is 0 Å². The average Bonchev–Trinajstić information content (AvgIpc) is 2.88. The predicted octanol–water partition coefficient (Wildman–Crippen LogP) is 4.75. The number of rotatable bonds is 6. The third-order valence-electron chi connectivity index (χ3n) is 7.01. The number of carbonyl (C=O) groups is 2. The molecule has 0 heterocycles. The van der Waals surface area contributed by atoms with Crippen LogP contribution in [-0.4, -0.2) is 37.5 Å². The van der Waals surface area contributed by atoms with E-state index < -0.39 is 31.8 Å². The second kappa shape index (κ2) is 9.90. The van der Waals surface area contributed by atoms with Gasteiger partial charge in [0.15, 0.2) is 11.6 Å². The second-order valence-electron chi connectivity index (χ2n) is 9.86. The van der Waals surface area contributed by atoms with Gasteiger partial charge in [0, 0.05) is 22.3 Å². The number of fused-ring (bicyclic) bond motifs is 2. The Kier molecular flexibility index (Phi) is 6.83. The third-order valence-corrected chi connectivity index (χ3v) is 8.88. The fraction of sp³-hybridized carbons (Fsp3) is 0.133. The molecule has 1 aliphatic rings. The van der Waals surface area contributed by atoms with Gasteiger partial charge in [-0.3, -0.25) is 18.7 Å². The Morgan fingerprint density at radius 3 is 1.25 bits per heavy atom. The lowest BCUT2D eigenvalue weighted by Crippen LogP contribution is -2.25. The van der Waals surface area contributed by atoms with Crippen molar-refractivity contribution in [2.45, 2.75) is 36.5 Å². The van der Waals surface area contributed by atoms with Crippen molar-refractivity contribution < 1.29 is 35.5 Å². The lowest BCUT2D eigenvalue weighted by atomic mass is 9.77. The normalized spacial score (nSPS) is 13.2. The molecule has 0 saturated heterocycles. The molecule has 0 radical (unpaired) electrons. The van der Waals surface area contributed by atoms with E-state index in [0.29, 0.717) is 22.3 Å². The van der Waals surface area contributed by atoms with Crippen molar-refractivity contribution >= 4 is 31.8 Å². The van der Waals surface area contributed by atoms with E-state index in [2.05, 4.69) is 0 Å². The molecule has 0 unspecified atom stereocenters. The number of ketones is 2. The number of aryl methyl sites for hydroxylation is 2. The Balaban J connectivity index is 1.73. The van der Waals surface area contributed by atoms with E-state index in [-0.39, 0.29) is 56.0 Å². The average molecular weight is 577 g/mol. The highest BCUT2D eigenvalue weighted by Crippen LogP contribution is 2.35. The summed E-state index contributed by atoms with van der Waals surface area (Å²) in [5.74, 6) is -0.858. The smallest absolute Gasteiger partial charge is 0.289 e.